The summed E-state index contributed by atoms with van der Waals surface area (Å²) in [5.74, 6) is -0.482. The number of amides is 1. The Labute approximate surface area is 114 Å². The summed E-state index contributed by atoms with van der Waals surface area (Å²) in [6.07, 6.45) is 0. The van der Waals surface area contributed by atoms with Crippen LogP contribution in [0.4, 0.5) is 5.69 Å². The molecule has 1 unspecified atom stereocenters. The van der Waals surface area contributed by atoms with Crippen LogP contribution < -0.4 is 11.1 Å². The molecule has 1 amide bonds. The molecule has 2 aromatic rings. The van der Waals surface area contributed by atoms with Crippen molar-refractivity contribution in [2.45, 2.75) is 13.0 Å². The van der Waals surface area contributed by atoms with Gasteiger partial charge in [-0.05, 0) is 19.1 Å². The molecule has 2 rings (SSSR count). The quantitative estimate of drug-likeness (QED) is 0.905. The number of primary amides is 1. The van der Waals surface area contributed by atoms with Gasteiger partial charge in [-0.2, -0.15) is 0 Å². The Balaban J connectivity index is 2.28. The van der Waals surface area contributed by atoms with E-state index < -0.39 is 11.9 Å². The summed E-state index contributed by atoms with van der Waals surface area (Å²) in [7, 11) is 0. The van der Waals surface area contributed by atoms with Crippen LogP contribution >= 0.6 is 22.9 Å². The molecule has 0 radical (unpaired) electrons. The average Bonchev–Trinajstić information content (AvgIpc) is 2.74. The van der Waals surface area contributed by atoms with Gasteiger partial charge in [-0.25, -0.2) is 4.98 Å². The van der Waals surface area contributed by atoms with Crippen LogP contribution in [0.1, 0.15) is 16.7 Å². The lowest BCUT2D eigenvalue weighted by Crippen LogP contribution is -2.27. The molecule has 0 bridgehead atoms. The molecule has 0 aliphatic rings. The second-order valence-corrected chi connectivity index (χ2v) is 5.08. The predicted octanol–water partition coefficient (Wildman–Crippen LogP) is 2.74. The van der Waals surface area contributed by atoms with Gasteiger partial charge in [-0.15, -0.1) is 11.3 Å². The van der Waals surface area contributed by atoms with E-state index >= 15 is 0 Å². The number of nitrogens with two attached hydrogens (primary N) is 1. The molecule has 1 atom stereocenters. The number of nitrogens with one attached hydrogen (secondary N) is 1. The number of rotatable bonds is 4. The Morgan fingerprint density at radius 2 is 2.22 bits per heavy atom. The highest BCUT2D eigenvalue weighted by atomic mass is 35.5. The molecular formula is C12H12ClN3OS. The zero-order chi connectivity index (χ0) is 13.1. The first-order valence-electron chi connectivity index (χ1n) is 5.30. The van der Waals surface area contributed by atoms with Gasteiger partial charge in [-0.3, -0.25) is 4.79 Å². The number of nitrogens with zero attached hydrogens (tertiary/aromatic N) is 1. The summed E-state index contributed by atoms with van der Waals surface area (Å²) in [6, 6.07) is 6.52. The lowest BCUT2D eigenvalue weighted by molar-refractivity contribution is -0.118. The molecule has 0 spiro atoms. The van der Waals surface area contributed by atoms with Crippen LogP contribution in [-0.2, 0) is 4.79 Å². The van der Waals surface area contributed by atoms with Crippen molar-refractivity contribution in [3.05, 3.63) is 45.4 Å². The average molecular weight is 282 g/mol. The number of thiazole rings is 1. The molecule has 0 fully saturated rings. The largest absolute Gasteiger partial charge is 0.368 e. The fraction of sp³-hybridized carbons (Fsp3) is 0.167. The van der Waals surface area contributed by atoms with E-state index in [1.807, 2.05) is 24.4 Å². The molecule has 4 nitrogen and oxygen atoms in total. The maximum atomic E-state index is 11.5. The zero-order valence-electron chi connectivity index (χ0n) is 9.68. The SMILES string of the molecule is Cc1csc(C(Nc2ccccc2Cl)C(N)=O)n1. The van der Waals surface area contributed by atoms with Gasteiger partial charge in [-0.1, -0.05) is 23.7 Å². The Hall–Kier alpha value is -1.59. The number of carbonyl (C=O) groups excluding carboxylic acids is 1. The molecule has 18 heavy (non-hydrogen) atoms. The first-order chi connectivity index (χ1) is 8.58. The van der Waals surface area contributed by atoms with Crippen LogP contribution in [0.2, 0.25) is 5.02 Å². The number of hydrogen-bond donors (Lipinski definition) is 2. The van der Waals surface area contributed by atoms with Gasteiger partial charge in [0.2, 0.25) is 5.91 Å². The van der Waals surface area contributed by atoms with Gasteiger partial charge in [0.25, 0.3) is 0 Å². The number of carbonyl (C=O) groups is 1. The fourth-order valence-electron chi connectivity index (χ4n) is 1.49. The van der Waals surface area contributed by atoms with Crippen molar-refractivity contribution in [1.82, 2.24) is 4.98 Å². The molecule has 3 N–H and O–H groups in total. The van der Waals surface area contributed by atoms with Crippen LogP contribution in [-0.4, -0.2) is 10.9 Å². The maximum Gasteiger partial charge on any atom is 0.247 e. The molecule has 0 aliphatic heterocycles. The molecule has 94 valence electrons. The van der Waals surface area contributed by atoms with Gasteiger partial charge in [0.1, 0.15) is 5.01 Å². The smallest absolute Gasteiger partial charge is 0.247 e. The summed E-state index contributed by atoms with van der Waals surface area (Å²) in [4.78, 5) is 15.8. The van der Waals surface area contributed by atoms with Crippen molar-refractivity contribution >= 4 is 34.5 Å². The third-order valence-corrected chi connectivity index (χ3v) is 3.70. The van der Waals surface area contributed by atoms with Crippen LogP contribution in [0.15, 0.2) is 29.6 Å². The van der Waals surface area contributed by atoms with E-state index in [4.69, 9.17) is 17.3 Å². The molecule has 1 heterocycles. The highest BCUT2D eigenvalue weighted by molar-refractivity contribution is 7.09. The summed E-state index contributed by atoms with van der Waals surface area (Å²) < 4.78 is 0. The third kappa shape index (κ3) is 2.80. The molecule has 1 aromatic heterocycles. The van der Waals surface area contributed by atoms with Crippen LogP contribution in [0.25, 0.3) is 0 Å². The van der Waals surface area contributed by atoms with E-state index in [-0.39, 0.29) is 0 Å². The van der Waals surface area contributed by atoms with Gasteiger partial charge < -0.3 is 11.1 Å². The minimum absolute atomic E-state index is 0.482. The standard InChI is InChI=1S/C12H12ClN3OS/c1-7-6-18-12(15-7)10(11(14)17)16-9-5-3-2-4-8(9)13/h2-6,10,16H,1H3,(H2,14,17). The van der Waals surface area contributed by atoms with Gasteiger partial charge in [0, 0.05) is 11.1 Å². The van der Waals surface area contributed by atoms with Crippen molar-refractivity contribution < 1.29 is 4.79 Å². The van der Waals surface area contributed by atoms with E-state index in [0.717, 1.165) is 5.69 Å². The number of para-hydroxylation sites is 1. The third-order valence-electron chi connectivity index (χ3n) is 2.34. The van der Waals surface area contributed by atoms with E-state index in [1.165, 1.54) is 11.3 Å². The summed E-state index contributed by atoms with van der Waals surface area (Å²) in [5, 5.41) is 6.07. The van der Waals surface area contributed by atoms with Gasteiger partial charge in [0.05, 0.1) is 10.7 Å². The fourth-order valence-corrected chi connectivity index (χ4v) is 2.54. The molecule has 1 aromatic carbocycles. The first kappa shape index (κ1) is 12.9. The monoisotopic (exact) mass is 281 g/mol. The number of aromatic nitrogens is 1. The number of hydrogen-bond acceptors (Lipinski definition) is 4. The Morgan fingerprint density at radius 1 is 1.50 bits per heavy atom. The molecule has 6 heteroatoms. The number of benzene rings is 1. The number of aryl methyl sites for hydroxylation is 1. The lowest BCUT2D eigenvalue weighted by atomic mass is 10.2. The Bertz CT molecular complexity index is 570. The van der Waals surface area contributed by atoms with Gasteiger partial charge in [0.15, 0.2) is 6.04 Å². The second kappa shape index (κ2) is 5.37. The lowest BCUT2D eigenvalue weighted by Gasteiger charge is -2.15. The predicted molar refractivity (Wildman–Crippen MR) is 73.9 cm³/mol. The minimum atomic E-state index is -0.663. The molecule has 0 aliphatic carbocycles. The van der Waals surface area contributed by atoms with Crippen molar-refractivity contribution in [3.63, 3.8) is 0 Å². The first-order valence-corrected chi connectivity index (χ1v) is 6.56. The number of anilines is 1. The summed E-state index contributed by atoms with van der Waals surface area (Å²) >= 11 is 7.43. The van der Waals surface area contributed by atoms with E-state index in [0.29, 0.717) is 15.7 Å². The van der Waals surface area contributed by atoms with Gasteiger partial charge >= 0.3 is 0 Å². The summed E-state index contributed by atoms with van der Waals surface area (Å²) in [6.45, 7) is 1.87. The van der Waals surface area contributed by atoms with Crippen LogP contribution in [0.3, 0.4) is 0 Å². The van der Waals surface area contributed by atoms with Crippen molar-refractivity contribution in [3.8, 4) is 0 Å². The highest BCUT2D eigenvalue weighted by Crippen LogP contribution is 2.27. The number of halogens is 1. The van der Waals surface area contributed by atoms with Crippen molar-refractivity contribution in [2.75, 3.05) is 5.32 Å². The normalized spacial score (nSPS) is 12.1. The van der Waals surface area contributed by atoms with Crippen molar-refractivity contribution in [2.24, 2.45) is 5.73 Å². The Kier molecular flexibility index (Phi) is 3.84. The maximum absolute atomic E-state index is 11.5. The van der Waals surface area contributed by atoms with Crippen LogP contribution in [0, 0.1) is 6.92 Å². The molecule has 0 saturated carbocycles. The van der Waals surface area contributed by atoms with E-state index in [2.05, 4.69) is 10.3 Å². The van der Waals surface area contributed by atoms with Crippen molar-refractivity contribution in [1.29, 1.82) is 0 Å². The van der Waals surface area contributed by atoms with E-state index in [9.17, 15) is 4.79 Å². The molecule has 0 saturated heterocycles. The highest BCUT2D eigenvalue weighted by Gasteiger charge is 2.21. The minimum Gasteiger partial charge on any atom is -0.368 e. The second-order valence-electron chi connectivity index (χ2n) is 3.79. The summed E-state index contributed by atoms with van der Waals surface area (Å²) in [5.41, 5.74) is 6.92. The van der Waals surface area contributed by atoms with E-state index in [1.54, 1.807) is 12.1 Å². The zero-order valence-corrected chi connectivity index (χ0v) is 11.3. The molecular weight excluding hydrogens is 270 g/mol. The Morgan fingerprint density at radius 3 is 2.78 bits per heavy atom. The topological polar surface area (TPSA) is 68.0 Å². The van der Waals surface area contributed by atoms with Crippen LogP contribution in [0.5, 0.6) is 0 Å².